The second-order valence-corrected chi connectivity index (χ2v) is 11.0. The van der Waals surface area contributed by atoms with E-state index in [0.29, 0.717) is 12.8 Å². The van der Waals surface area contributed by atoms with Crippen molar-refractivity contribution in [2.45, 2.75) is 94.5 Å². The number of carboxylic acid groups (broad SMARTS) is 1. The van der Waals surface area contributed by atoms with Crippen LogP contribution in [-0.2, 0) is 29.3 Å². The Hall–Kier alpha value is -2.87. The zero-order chi connectivity index (χ0) is 28.0. The number of phenolic OH excluding ortho intramolecular Hbond substituents is 2. The van der Waals surface area contributed by atoms with Crippen molar-refractivity contribution in [2.24, 2.45) is 0 Å². The van der Waals surface area contributed by atoms with Crippen LogP contribution in [0.15, 0.2) is 11.1 Å². The Bertz CT molecular complexity index is 1320. The monoisotopic (exact) mass is 546 g/mol. The van der Waals surface area contributed by atoms with Crippen molar-refractivity contribution < 1.29 is 58.9 Å². The average molecular weight is 547 g/mol. The largest absolute Gasteiger partial charge is 0.507 e. The lowest BCUT2D eigenvalue weighted by molar-refractivity contribution is -0.311. The van der Waals surface area contributed by atoms with Gasteiger partial charge in [0, 0.05) is 41.5 Å². The summed E-state index contributed by atoms with van der Waals surface area (Å²) in [5.74, 6) is -3.77. The minimum Gasteiger partial charge on any atom is -0.507 e. The van der Waals surface area contributed by atoms with Gasteiger partial charge >= 0.3 is 5.97 Å². The van der Waals surface area contributed by atoms with Crippen LogP contribution in [0.2, 0.25) is 0 Å². The number of phenols is 2. The third-order valence-electron chi connectivity index (χ3n) is 8.70. The van der Waals surface area contributed by atoms with E-state index in [9.17, 15) is 34.8 Å². The summed E-state index contributed by atoms with van der Waals surface area (Å²) >= 11 is 0. The summed E-state index contributed by atoms with van der Waals surface area (Å²) in [6.45, 7) is 2.97. The highest BCUT2D eigenvalue weighted by Crippen LogP contribution is 2.60. The van der Waals surface area contributed by atoms with Gasteiger partial charge in [0.2, 0.25) is 0 Å². The van der Waals surface area contributed by atoms with Gasteiger partial charge in [-0.3, -0.25) is 14.4 Å². The van der Waals surface area contributed by atoms with Gasteiger partial charge in [-0.05, 0) is 20.3 Å². The molecular weight excluding hydrogens is 516 g/mol. The molecule has 2 fully saturated rings. The SMILES string of the molecule is CC1OC2CC(O[C@H]3CC[C@H](O)[C@H](C)O3)C1(O)c1c(O)c3c(c(O)c12)C(=O)C1=C(CO[C@@H](CC(=O)O)C1)C3=O. The van der Waals surface area contributed by atoms with Crippen LogP contribution in [0.4, 0.5) is 0 Å². The van der Waals surface area contributed by atoms with Crippen molar-refractivity contribution in [3.05, 3.63) is 33.4 Å². The summed E-state index contributed by atoms with van der Waals surface area (Å²) in [6, 6.07) is 0. The van der Waals surface area contributed by atoms with Crippen LogP contribution < -0.4 is 0 Å². The summed E-state index contributed by atoms with van der Waals surface area (Å²) in [5.41, 5.74) is -2.93. The van der Waals surface area contributed by atoms with Crippen LogP contribution >= 0.6 is 0 Å². The van der Waals surface area contributed by atoms with Gasteiger partial charge in [0.25, 0.3) is 0 Å². The summed E-state index contributed by atoms with van der Waals surface area (Å²) in [5, 5.41) is 54.0. The molecule has 4 aliphatic heterocycles. The van der Waals surface area contributed by atoms with E-state index in [0.717, 1.165) is 0 Å². The number of aromatic hydroxyl groups is 2. The molecule has 4 unspecified atom stereocenters. The van der Waals surface area contributed by atoms with Crippen molar-refractivity contribution in [3.63, 3.8) is 0 Å². The number of hydrogen-bond acceptors (Lipinski definition) is 11. The predicted molar refractivity (Wildman–Crippen MR) is 128 cm³/mol. The summed E-state index contributed by atoms with van der Waals surface area (Å²) in [6.07, 6.45) is -5.04. The molecule has 1 aromatic carbocycles. The highest BCUT2D eigenvalue weighted by atomic mass is 16.7. The molecule has 7 rings (SSSR count). The molecule has 0 saturated carbocycles. The number of ether oxygens (including phenoxy) is 4. The van der Waals surface area contributed by atoms with Crippen molar-refractivity contribution in [1.82, 2.24) is 0 Å². The molecule has 0 spiro atoms. The summed E-state index contributed by atoms with van der Waals surface area (Å²) in [4.78, 5) is 38.3. The maximum atomic E-state index is 13.6. The van der Waals surface area contributed by atoms with Gasteiger partial charge in [-0.1, -0.05) is 0 Å². The molecule has 5 N–H and O–H groups in total. The van der Waals surface area contributed by atoms with E-state index in [1.165, 1.54) is 0 Å². The Morgan fingerprint density at radius 3 is 2.44 bits per heavy atom. The number of benzene rings is 1. The van der Waals surface area contributed by atoms with Gasteiger partial charge < -0.3 is 44.5 Å². The van der Waals surface area contributed by atoms with E-state index >= 15 is 0 Å². The van der Waals surface area contributed by atoms with E-state index in [4.69, 9.17) is 24.1 Å². The second kappa shape index (κ2) is 9.08. The number of ketones is 2. The van der Waals surface area contributed by atoms with Crippen LogP contribution in [0.1, 0.15) is 83.9 Å². The standard InChI is InChI=1S/C27H30O12/c1-9-14(28)3-4-18(37-9)39-16-7-15-19-22(27(16,35)10(2)38-15)26(34)21-20(25(19)33)23(31)12-5-11(6-17(29)30)36-8-13(12)24(21)32/h9-11,14-16,18,28,33-35H,3-8H2,1-2H3,(H,29,30)/t9-,10?,11+,14-,15?,16?,18-,27?/m0/s1. The quantitative estimate of drug-likeness (QED) is 0.342. The number of aliphatic hydroxyl groups excluding tert-OH is 1. The first kappa shape index (κ1) is 26.4. The number of carbonyl (C=O) groups excluding carboxylic acids is 2. The zero-order valence-electron chi connectivity index (χ0n) is 21.4. The highest BCUT2D eigenvalue weighted by Gasteiger charge is 2.61. The van der Waals surface area contributed by atoms with Crippen LogP contribution in [0.3, 0.4) is 0 Å². The Balaban J connectivity index is 1.42. The fourth-order valence-electron chi connectivity index (χ4n) is 6.64. The maximum Gasteiger partial charge on any atom is 0.305 e. The molecule has 2 bridgehead atoms. The van der Waals surface area contributed by atoms with Crippen LogP contribution in [0.5, 0.6) is 11.5 Å². The van der Waals surface area contributed by atoms with E-state index in [1.807, 2.05) is 0 Å². The van der Waals surface area contributed by atoms with Crippen molar-refractivity contribution in [1.29, 1.82) is 0 Å². The third kappa shape index (κ3) is 3.77. The van der Waals surface area contributed by atoms with Gasteiger partial charge in [0.1, 0.15) is 17.1 Å². The second-order valence-electron chi connectivity index (χ2n) is 11.0. The topological polar surface area (TPSA) is 189 Å². The number of hydrogen-bond donors (Lipinski definition) is 5. The Kier molecular flexibility index (Phi) is 6.14. The molecule has 210 valence electrons. The van der Waals surface area contributed by atoms with E-state index in [2.05, 4.69) is 0 Å². The molecule has 2 aliphatic carbocycles. The predicted octanol–water partition coefficient (Wildman–Crippen LogP) is 1.36. The number of rotatable bonds is 4. The maximum absolute atomic E-state index is 13.6. The lowest BCUT2D eigenvalue weighted by atomic mass is 9.66. The van der Waals surface area contributed by atoms with Crippen LogP contribution in [0, 0.1) is 0 Å². The Morgan fingerprint density at radius 2 is 1.74 bits per heavy atom. The lowest BCUT2D eigenvalue weighted by Crippen LogP contribution is -2.60. The fourth-order valence-corrected chi connectivity index (χ4v) is 6.64. The number of fused-ring (bicyclic) bond motifs is 3. The van der Waals surface area contributed by atoms with Gasteiger partial charge in [0.05, 0.1) is 60.8 Å². The minimum absolute atomic E-state index is 0.0133. The van der Waals surface area contributed by atoms with Crippen LogP contribution in [-0.4, -0.2) is 86.5 Å². The lowest BCUT2D eigenvalue weighted by Gasteiger charge is -2.54. The van der Waals surface area contributed by atoms with Crippen molar-refractivity contribution >= 4 is 17.5 Å². The number of Topliss-reactive ketones (excluding diaryl/α,β-unsaturated/α-hetero) is 2. The molecule has 1 aromatic rings. The van der Waals surface area contributed by atoms with E-state index in [-0.39, 0.29) is 48.1 Å². The van der Waals surface area contributed by atoms with E-state index < -0.39 is 88.7 Å². The Labute approximate surface area is 222 Å². The van der Waals surface area contributed by atoms with E-state index in [1.54, 1.807) is 13.8 Å². The molecule has 0 radical (unpaired) electrons. The molecule has 8 atom stereocenters. The highest BCUT2D eigenvalue weighted by molar-refractivity contribution is 6.29. The molecule has 2 saturated heterocycles. The van der Waals surface area contributed by atoms with Crippen LogP contribution in [0.25, 0.3) is 0 Å². The average Bonchev–Trinajstić information content (AvgIpc) is 2.87. The Morgan fingerprint density at radius 1 is 1.05 bits per heavy atom. The molecule has 4 heterocycles. The first-order valence-electron chi connectivity index (χ1n) is 13.1. The molecule has 0 aromatic heterocycles. The number of carbonyl (C=O) groups is 3. The summed E-state index contributed by atoms with van der Waals surface area (Å²) < 4.78 is 23.4. The van der Waals surface area contributed by atoms with Crippen molar-refractivity contribution in [3.8, 4) is 11.5 Å². The number of aliphatic hydroxyl groups is 2. The van der Waals surface area contributed by atoms with Gasteiger partial charge in [-0.2, -0.15) is 0 Å². The van der Waals surface area contributed by atoms with Gasteiger partial charge in [0.15, 0.2) is 17.9 Å². The van der Waals surface area contributed by atoms with Gasteiger partial charge in [-0.25, -0.2) is 0 Å². The first-order chi connectivity index (χ1) is 18.4. The first-order valence-corrected chi connectivity index (χ1v) is 13.1. The molecule has 0 amide bonds. The summed E-state index contributed by atoms with van der Waals surface area (Å²) in [7, 11) is 0. The third-order valence-corrected chi connectivity index (χ3v) is 8.70. The molecular formula is C27H30O12. The molecule has 39 heavy (non-hydrogen) atoms. The zero-order valence-corrected chi connectivity index (χ0v) is 21.4. The number of aliphatic carboxylic acids is 1. The van der Waals surface area contributed by atoms with Gasteiger partial charge in [-0.15, -0.1) is 0 Å². The molecule has 12 heteroatoms. The molecule has 12 nitrogen and oxygen atoms in total. The minimum atomic E-state index is -2.00. The number of carboxylic acids is 1. The smallest absolute Gasteiger partial charge is 0.305 e. The van der Waals surface area contributed by atoms with Crippen molar-refractivity contribution in [2.75, 3.05) is 6.61 Å². The normalized spacial score (nSPS) is 37.4. The molecule has 6 aliphatic rings. The fraction of sp³-hybridized carbons (Fsp3) is 0.593.